The van der Waals surface area contributed by atoms with Crippen molar-refractivity contribution in [1.29, 1.82) is 0 Å². The zero-order valence-corrected chi connectivity index (χ0v) is 27.0. The predicted octanol–water partition coefficient (Wildman–Crippen LogP) is 7.20. The van der Waals surface area contributed by atoms with Crippen molar-refractivity contribution < 1.29 is 54.0 Å². The fraction of sp³-hybridized carbons (Fsp3) is 0.900. The minimum atomic E-state index is -0.158. The molecule has 1 radical (unpaired) electrons. The van der Waals surface area contributed by atoms with Crippen LogP contribution in [-0.4, -0.2) is 17.5 Å². The van der Waals surface area contributed by atoms with E-state index in [4.69, 9.17) is 0 Å². The first kappa shape index (κ1) is 26.9. The smallest absolute Gasteiger partial charge is 0.126 e. The molecule has 33 heavy (non-hydrogen) atoms. The summed E-state index contributed by atoms with van der Waals surface area (Å²) in [5, 5.41) is 10.9. The summed E-state index contributed by atoms with van der Waals surface area (Å²) in [7, 11) is 0. The quantitative estimate of drug-likeness (QED) is 0.250. The van der Waals surface area contributed by atoms with E-state index in [1.165, 1.54) is 50.4 Å². The molecule has 0 spiro atoms. The van der Waals surface area contributed by atoms with Crippen molar-refractivity contribution in [3.05, 3.63) is 12.2 Å². The third kappa shape index (κ3) is 3.32. The summed E-state index contributed by atoms with van der Waals surface area (Å²) < 4.78 is 0. The monoisotopic (exact) mass is 667 g/mol. The molecule has 0 heterocycles. The summed E-state index contributed by atoms with van der Waals surface area (Å²) in [5.74, 6) is 3.03. The maximum absolute atomic E-state index is 12.6. The third-order valence-corrected chi connectivity index (χ3v) is 13.3. The van der Waals surface area contributed by atoms with E-state index < -0.39 is 0 Å². The Morgan fingerprint density at radius 1 is 0.848 bits per heavy atom. The van der Waals surface area contributed by atoms with Gasteiger partial charge in [0.15, 0.2) is 0 Å². The minimum absolute atomic E-state index is 0. The maximum atomic E-state index is 12.6. The van der Waals surface area contributed by atoms with E-state index in [1.54, 1.807) is 0 Å². The van der Waals surface area contributed by atoms with E-state index >= 15 is 0 Å². The average Bonchev–Trinajstić information content (AvgIpc) is 3.12. The molecule has 0 saturated heterocycles. The Balaban J connectivity index is 0.00000259. The molecule has 7 unspecified atom stereocenters. The van der Waals surface area contributed by atoms with Crippen LogP contribution in [0.4, 0.5) is 0 Å². The standard InChI is InChI=1S/C30H48O2.Ac/c1-19(2)20-10-15-30(18-31)17-16-28(6)21(25(20)30)8-9-23-27(5)13-12-24(32)26(3,4)22(27)11-14-29(23,28)7;/h18,20-25,32H,1,8-17H2,2-7H3;/t20?,21?,22?,23?,24?,25?,27-,28+,29+,30?;/m0./s1. The Kier molecular flexibility index (Phi) is 6.85. The summed E-state index contributed by atoms with van der Waals surface area (Å²) in [6.07, 6.45) is 13.1. The molecule has 0 aromatic rings. The van der Waals surface area contributed by atoms with Crippen LogP contribution in [-0.2, 0) is 4.79 Å². The molecule has 5 aliphatic carbocycles. The van der Waals surface area contributed by atoms with E-state index in [0.29, 0.717) is 39.9 Å². The number of hydrogen-bond donors (Lipinski definition) is 1. The fourth-order valence-electron chi connectivity index (χ4n) is 11.4. The number of aliphatic hydroxyl groups is 1. The Morgan fingerprint density at radius 2 is 1.55 bits per heavy atom. The van der Waals surface area contributed by atoms with Gasteiger partial charge in [-0.15, -0.1) is 0 Å². The van der Waals surface area contributed by atoms with Gasteiger partial charge < -0.3 is 9.90 Å². The number of fused-ring (bicyclic) bond motifs is 7. The van der Waals surface area contributed by atoms with Crippen molar-refractivity contribution in [3.8, 4) is 0 Å². The van der Waals surface area contributed by atoms with Gasteiger partial charge in [0.25, 0.3) is 0 Å². The van der Waals surface area contributed by atoms with Crippen LogP contribution >= 0.6 is 0 Å². The molecule has 5 fully saturated rings. The molecule has 0 bridgehead atoms. The molecule has 183 valence electrons. The van der Waals surface area contributed by atoms with Crippen molar-refractivity contribution in [2.75, 3.05) is 0 Å². The van der Waals surface area contributed by atoms with Gasteiger partial charge in [0.1, 0.15) is 6.29 Å². The van der Waals surface area contributed by atoms with Crippen LogP contribution in [0.1, 0.15) is 106 Å². The summed E-state index contributed by atoms with van der Waals surface area (Å²) in [5.41, 5.74) is 2.20. The predicted molar refractivity (Wildman–Crippen MR) is 131 cm³/mol. The summed E-state index contributed by atoms with van der Waals surface area (Å²) in [4.78, 5) is 12.6. The van der Waals surface area contributed by atoms with Gasteiger partial charge in [-0.05, 0) is 122 Å². The van der Waals surface area contributed by atoms with E-state index in [0.717, 1.165) is 31.6 Å². The van der Waals surface area contributed by atoms with Crippen molar-refractivity contribution in [1.82, 2.24) is 0 Å². The van der Waals surface area contributed by atoms with Crippen molar-refractivity contribution in [2.24, 2.45) is 56.7 Å². The van der Waals surface area contributed by atoms with E-state index in [2.05, 4.69) is 48.1 Å². The maximum Gasteiger partial charge on any atom is 0.126 e. The number of allylic oxidation sites excluding steroid dienone is 1. The summed E-state index contributed by atoms with van der Waals surface area (Å²) in [6, 6.07) is 0. The molecule has 0 aromatic heterocycles. The van der Waals surface area contributed by atoms with Crippen LogP contribution in [0.2, 0.25) is 0 Å². The SMILES string of the molecule is C=C(C)C1CCC2(C=O)CC[C@]3(C)C(CCC4[C@@]5(C)CCC(O)C(C)(C)C5CC[C@]43C)C12.[Ac]. The zero-order chi connectivity index (χ0) is 23.3. The Morgan fingerprint density at radius 3 is 2.18 bits per heavy atom. The Bertz CT molecular complexity index is 820. The molecule has 5 aliphatic rings. The number of aliphatic hydroxyl groups excluding tert-OH is 1. The van der Waals surface area contributed by atoms with Gasteiger partial charge in [-0.3, -0.25) is 0 Å². The second-order valence-electron chi connectivity index (χ2n) is 14.4. The van der Waals surface area contributed by atoms with Gasteiger partial charge in [-0.2, -0.15) is 0 Å². The fourth-order valence-corrected chi connectivity index (χ4v) is 11.4. The van der Waals surface area contributed by atoms with Gasteiger partial charge in [0.05, 0.1) is 6.10 Å². The molecule has 0 amide bonds. The van der Waals surface area contributed by atoms with Gasteiger partial charge in [0.2, 0.25) is 0 Å². The molecule has 3 heteroatoms. The van der Waals surface area contributed by atoms with Gasteiger partial charge in [-0.1, -0.05) is 46.8 Å². The second-order valence-corrected chi connectivity index (χ2v) is 14.4. The van der Waals surface area contributed by atoms with Crippen molar-refractivity contribution in [2.45, 2.75) is 112 Å². The third-order valence-electron chi connectivity index (χ3n) is 13.3. The minimum Gasteiger partial charge on any atom is -0.393 e. The van der Waals surface area contributed by atoms with Crippen LogP contribution in [0.3, 0.4) is 0 Å². The molecule has 0 aliphatic heterocycles. The first-order valence-electron chi connectivity index (χ1n) is 13.7. The zero-order valence-electron chi connectivity index (χ0n) is 22.3. The molecule has 1 N–H and O–H groups in total. The normalized spacial score (nSPS) is 54.6. The van der Waals surface area contributed by atoms with Gasteiger partial charge in [-0.25, -0.2) is 0 Å². The average molecular weight is 668 g/mol. The van der Waals surface area contributed by atoms with Crippen molar-refractivity contribution >= 4 is 6.29 Å². The van der Waals surface area contributed by atoms with Gasteiger partial charge >= 0.3 is 0 Å². The van der Waals surface area contributed by atoms with Gasteiger partial charge in [0, 0.05) is 49.5 Å². The summed E-state index contributed by atoms with van der Waals surface area (Å²) >= 11 is 0. The molecular formula is C30H48AcO2. The van der Waals surface area contributed by atoms with E-state index in [9.17, 15) is 9.90 Å². The van der Waals surface area contributed by atoms with Crippen LogP contribution < -0.4 is 0 Å². The van der Waals surface area contributed by atoms with E-state index in [1.807, 2.05) is 0 Å². The van der Waals surface area contributed by atoms with E-state index in [-0.39, 0.29) is 61.0 Å². The number of carbonyl (C=O) groups excluding carboxylic acids is 1. The molecule has 0 aromatic carbocycles. The number of aldehydes is 1. The molecule has 10 atom stereocenters. The Labute approximate surface area is 239 Å². The molecule has 5 rings (SSSR count). The van der Waals surface area contributed by atoms with Crippen molar-refractivity contribution in [3.63, 3.8) is 0 Å². The molecule has 2 nitrogen and oxygen atoms in total. The Hall–Kier alpha value is 0.812. The molecular weight excluding hydrogens is 619 g/mol. The topological polar surface area (TPSA) is 37.3 Å². The summed E-state index contributed by atoms with van der Waals surface area (Å²) in [6.45, 7) is 19.2. The number of carbonyl (C=O) groups is 1. The molecule has 5 saturated carbocycles. The largest absolute Gasteiger partial charge is 0.393 e. The van der Waals surface area contributed by atoms with Crippen LogP contribution in [0.15, 0.2) is 12.2 Å². The van der Waals surface area contributed by atoms with Crippen LogP contribution in [0.25, 0.3) is 0 Å². The number of rotatable bonds is 2. The van der Waals surface area contributed by atoms with Crippen LogP contribution in [0.5, 0.6) is 0 Å². The first-order valence-corrected chi connectivity index (χ1v) is 13.7. The number of hydrogen-bond acceptors (Lipinski definition) is 2. The first-order chi connectivity index (χ1) is 14.9. The van der Waals surface area contributed by atoms with Crippen LogP contribution in [0, 0.1) is 101 Å². The second kappa shape index (κ2) is 8.42.